The third kappa shape index (κ3) is 2.48. The summed E-state index contributed by atoms with van der Waals surface area (Å²) in [7, 11) is 0. The zero-order valence-corrected chi connectivity index (χ0v) is 13.1. The maximum absolute atomic E-state index is 6.14. The molecule has 0 radical (unpaired) electrons. The summed E-state index contributed by atoms with van der Waals surface area (Å²) in [6.07, 6.45) is 5.82. The molecule has 0 saturated carbocycles. The van der Waals surface area contributed by atoms with E-state index < -0.39 is 0 Å². The number of rotatable bonds is 2. The van der Waals surface area contributed by atoms with Crippen LogP contribution in [0.1, 0.15) is 38.8 Å². The monoisotopic (exact) mass is 297 g/mol. The highest BCUT2D eigenvalue weighted by molar-refractivity contribution is 7.15. The first-order chi connectivity index (χ1) is 9.11. The second-order valence-electron chi connectivity index (χ2n) is 6.08. The van der Waals surface area contributed by atoms with E-state index in [-0.39, 0.29) is 0 Å². The second-order valence-corrected chi connectivity index (χ2v) is 7.22. The van der Waals surface area contributed by atoms with E-state index in [2.05, 4.69) is 34.7 Å². The van der Waals surface area contributed by atoms with Crippen molar-refractivity contribution in [3.63, 3.8) is 0 Å². The van der Waals surface area contributed by atoms with Crippen LogP contribution in [0, 0.1) is 5.41 Å². The van der Waals surface area contributed by atoms with Crippen molar-refractivity contribution >= 4 is 33.7 Å². The Balaban J connectivity index is 1.93. The summed E-state index contributed by atoms with van der Waals surface area (Å²) in [5.41, 5.74) is 1.59. The third-order valence-electron chi connectivity index (χ3n) is 4.11. The Bertz CT molecular complexity index is 572. The molecule has 1 fully saturated rings. The number of fused-ring (bicyclic) bond motifs is 1. The molecule has 3 rings (SSSR count). The maximum atomic E-state index is 6.14. The topological polar surface area (TPSA) is 20.5 Å². The Morgan fingerprint density at radius 1 is 1.37 bits per heavy atom. The quantitative estimate of drug-likeness (QED) is 0.776. The highest BCUT2D eigenvalue weighted by Gasteiger charge is 2.26. The number of hydrogen-bond donors (Lipinski definition) is 0. The van der Waals surface area contributed by atoms with Crippen LogP contribution < -0.4 is 4.90 Å². The zero-order valence-electron chi connectivity index (χ0n) is 11.5. The van der Waals surface area contributed by atoms with E-state index in [0.29, 0.717) is 11.3 Å². The number of alkyl halides is 1. The molecule has 19 heavy (non-hydrogen) atoms. The minimum atomic E-state index is 0.451. The van der Waals surface area contributed by atoms with Gasteiger partial charge in [-0.25, -0.2) is 4.98 Å². The summed E-state index contributed by atoms with van der Waals surface area (Å²) in [5, 5.41) is 2.06. The summed E-state index contributed by atoms with van der Waals surface area (Å²) in [6.45, 7) is 6.91. The lowest BCUT2D eigenvalue weighted by Crippen LogP contribution is -2.26. The molecule has 0 bridgehead atoms. The Morgan fingerprint density at radius 2 is 2.21 bits per heavy atom. The van der Waals surface area contributed by atoms with Gasteiger partial charge in [0.25, 0.3) is 0 Å². The molecule has 0 aliphatic carbocycles. The summed E-state index contributed by atoms with van der Waals surface area (Å²) in [5.74, 6) is 1.62. The minimum absolute atomic E-state index is 0.451. The van der Waals surface area contributed by atoms with Gasteiger partial charge >= 0.3 is 0 Å². The van der Waals surface area contributed by atoms with Gasteiger partial charge in [0.2, 0.25) is 0 Å². The molecule has 3 heterocycles. The number of anilines is 1. The van der Waals surface area contributed by atoms with Crippen LogP contribution >= 0.6 is 22.9 Å². The lowest BCUT2D eigenvalue weighted by Gasteiger charge is -2.24. The van der Waals surface area contributed by atoms with Crippen molar-refractivity contribution < 1.29 is 0 Å². The fraction of sp³-hybridized carbons (Fsp3) is 0.643. The smallest absolute Gasteiger partial charge is 0.195 e. The van der Waals surface area contributed by atoms with Gasteiger partial charge in [-0.05, 0) is 24.7 Å². The fourth-order valence-electron chi connectivity index (χ4n) is 2.83. The van der Waals surface area contributed by atoms with Crippen molar-refractivity contribution in [1.29, 1.82) is 0 Å². The van der Waals surface area contributed by atoms with Gasteiger partial charge in [0.1, 0.15) is 0 Å². The van der Waals surface area contributed by atoms with E-state index in [9.17, 15) is 0 Å². The molecule has 1 aliphatic heterocycles. The molecule has 0 aromatic carbocycles. The normalized spacial score (nSPS) is 19.8. The number of hydrogen-bond acceptors (Lipinski definition) is 3. The number of halogens is 1. The molecule has 0 atom stereocenters. The Morgan fingerprint density at radius 3 is 3.00 bits per heavy atom. The minimum Gasteiger partial charge on any atom is -0.355 e. The number of aromatic nitrogens is 2. The molecule has 0 spiro atoms. The van der Waals surface area contributed by atoms with Crippen LogP contribution in [0.3, 0.4) is 0 Å². The van der Waals surface area contributed by atoms with E-state index in [1.54, 1.807) is 11.3 Å². The summed E-state index contributed by atoms with van der Waals surface area (Å²) >= 11 is 7.82. The standard InChI is InChI=1S/C14H20ClN3S/c1-14(2)4-3-6-17(7-5-14)12-11(10-15)18-8-9-19-13(18)16-12/h8-9H,3-7,10H2,1-2H3. The van der Waals surface area contributed by atoms with Crippen LogP contribution in [0.4, 0.5) is 5.82 Å². The zero-order chi connectivity index (χ0) is 13.5. The van der Waals surface area contributed by atoms with Crippen LogP contribution in [0.25, 0.3) is 4.96 Å². The van der Waals surface area contributed by atoms with Crippen LogP contribution in [0.5, 0.6) is 0 Å². The van der Waals surface area contributed by atoms with Crippen molar-refractivity contribution in [1.82, 2.24) is 9.38 Å². The molecule has 0 amide bonds. The van der Waals surface area contributed by atoms with Crippen molar-refractivity contribution in [3.8, 4) is 0 Å². The van der Waals surface area contributed by atoms with Gasteiger partial charge in [-0.1, -0.05) is 13.8 Å². The predicted octanol–water partition coefficient (Wildman–Crippen LogP) is 4.15. The van der Waals surface area contributed by atoms with Crippen LogP contribution in [-0.4, -0.2) is 22.5 Å². The Kier molecular flexibility index (Phi) is 3.48. The number of nitrogens with zero attached hydrogens (tertiary/aromatic N) is 3. The molecule has 5 heteroatoms. The average molecular weight is 298 g/mol. The van der Waals surface area contributed by atoms with E-state index in [0.717, 1.165) is 29.6 Å². The third-order valence-corrected chi connectivity index (χ3v) is 5.12. The van der Waals surface area contributed by atoms with Crippen LogP contribution in [0.15, 0.2) is 11.6 Å². The van der Waals surface area contributed by atoms with Gasteiger partial charge in [0, 0.05) is 24.7 Å². The number of thiazole rings is 1. The molecule has 1 saturated heterocycles. The highest BCUT2D eigenvalue weighted by atomic mass is 35.5. The fourth-order valence-corrected chi connectivity index (χ4v) is 3.81. The van der Waals surface area contributed by atoms with Crippen LogP contribution in [0.2, 0.25) is 0 Å². The van der Waals surface area contributed by atoms with E-state index in [1.807, 2.05) is 0 Å². The molecule has 3 nitrogen and oxygen atoms in total. The maximum Gasteiger partial charge on any atom is 0.195 e. The summed E-state index contributed by atoms with van der Waals surface area (Å²) < 4.78 is 2.13. The Hall–Kier alpha value is -0.740. The molecule has 0 unspecified atom stereocenters. The van der Waals surface area contributed by atoms with E-state index >= 15 is 0 Å². The first-order valence-electron chi connectivity index (χ1n) is 6.86. The van der Waals surface area contributed by atoms with Gasteiger partial charge in [-0.15, -0.1) is 22.9 Å². The second kappa shape index (κ2) is 4.98. The molecule has 0 N–H and O–H groups in total. The van der Waals surface area contributed by atoms with Gasteiger partial charge in [-0.2, -0.15) is 0 Å². The first-order valence-corrected chi connectivity index (χ1v) is 8.27. The molecule has 104 valence electrons. The predicted molar refractivity (Wildman–Crippen MR) is 82.5 cm³/mol. The van der Waals surface area contributed by atoms with E-state index in [1.165, 1.54) is 19.3 Å². The summed E-state index contributed by atoms with van der Waals surface area (Å²) in [4.78, 5) is 8.25. The average Bonchev–Trinajstić information content (AvgIpc) is 2.88. The molecule has 1 aliphatic rings. The van der Waals surface area contributed by atoms with E-state index in [4.69, 9.17) is 16.6 Å². The van der Waals surface area contributed by atoms with Gasteiger partial charge in [0.15, 0.2) is 10.8 Å². The van der Waals surface area contributed by atoms with Crippen molar-refractivity contribution in [2.45, 2.75) is 39.0 Å². The SMILES string of the molecule is CC1(C)CCCN(c2nc3sccn3c2CCl)CC1. The number of imidazole rings is 1. The molecule has 2 aromatic rings. The Labute approximate surface area is 123 Å². The van der Waals surface area contributed by atoms with Crippen molar-refractivity contribution in [2.75, 3.05) is 18.0 Å². The van der Waals surface area contributed by atoms with Gasteiger partial charge < -0.3 is 4.90 Å². The molecular weight excluding hydrogens is 278 g/mol. The lowest BCUT2D eigenvalue weighted by molar-refractivity contribution is 0.325. The largest absolute Gasteiger partial charge is 0.355 e. The molecule has 2 aromatic heterocycles. The molecular formula is C14H20ClN3S. The van der Waals surface area contributed by atoms with Crippen LogP contribution in [-0.2, 0) is 5.88 Å². The first kappa shape index (κ1) is 13.3. The lowest BCUT2D eigenvalue weighted by atomic mass is 9.85. The van der Waals surface area contributed by atoms with Crippen molar-refractivity contribution in [2.24, 2.45) is 5.41 Å². The highest BCUT2D eigenvalue weighted by Crippen LogP contribution is 2.33. The van der Waals surface area contributed by atoms with Gasteiger partial charge in [-0.3, -0.25) is 4.40 Å². The summed E-state index contributed by atoms with van der Waals surface area (Å²) in [6, 6.07) is 0. The van der Waals surface area contributed by atoms with Gasteiger partial charge in [0.05, 0.1) is 11.6 Å². The van der Waals surface area contributed by atoms with Crippen molar-refractivity contribution in [3.05, 3.63) is 17.3 Å².